The maximum atomic E-state index is 2.38. The van der Waals surface area contributed by atoms with Crippen LogP contribution in [0.5, 0.6) is 0 Å². The molecular formula is C11H20. The Hall–Kier alpha value is -0.260. The first-order valence-corrected chi connectivity index (χ1v) is 4.95. The molecule has 0 bridgehead atoms. The predicted molar refractivity (Wildman–Crippen MR) is 50.6 cm³/mol. The Bertz CT molecular complexity index is 122. The summed E-state index contributed by atoms with van der Waals surface area (Å²) < 4.78 is 0. The van der Waals surface area contributed by atoms with Gasteiger partial charge < -0.3 is 0 Å². The van der Waals surface area contributed by atoms with Crippen molar-refractivity contribution in [3.8, 4) is 0 Å². The van der Waals surface area contributed by atoms with Crippen molar-refractivity contribution in [1.82, 2.24) is 0 Å². The van der Waals surface area contributed by atoms with Crippen LogP contribution in [0.2, 0.25) is 0 Å². The number of rotatable bonds is 1. The smallest absolute Gasteiger partial charge is 0.0320 e. The SMILES string of the molecule is CC(C)C1C/C=C\CCCC1. The minimum Gasteiger partial charge on any atom is -0.0885 e. The van der Waals surface area contributed by atoms with Gasteiger partial charge in [0, 0.05) is 0 Å². The van der Waals surface area contributed by atoms with Gasteiger partial charge in [0.1, 0.15) is 0 Å². The Morgan fingerprint density at radius 1 is 1.18 bits per heavy atom. The monoisotopic (exact) mass is 152 g/mol. The van der Waals surface area contributed by atoms with Crippen molar-refractivity contribution in [2.45, 2.75) is 46.0 Å². The summed E-state index contributed by atoms with van der Waals surface area (Å²) in [6, 6.07) is 0. The summed E-state index contributed by atoms with van der Waals surface area (Å²) in [4.78, 5) is 0. The van der Waals surface area contributed by atoms with Crippen LogP contribution in [0.4, 0.5) is 0 Å². The molecule has 0 radical (unpaired) electrons. The third kappa shape index (κ3) is 3.09. The van der Waals surface area contributed by atoms with E-state index in [4.69, 9.17) is 0 Å². The highest BCUT2D eigenvalue weighted by Gasteiger charge is 2.11. The van der Waals surface area contributed by atoms with Crippen molar-refractivity contribution in [2.75, 3.05) is 0 Å². The van der Waals surface area contributed by atoms with E-state index < -0.39 is 0 Å². The Morgan fingerprint density at radius 3 is 2.73 bits per heavy atom. The highest BCUT2D eigenvalue weighted by Crippen LogP contribution is 2.24. The van der Waals surface area contributed by atoms with Crippen LogP contribution in [0.25, 0.3) is 0 Å². The van der Waals surface area contributed by atoms with E-state index in [0.29, 0.717) is 0 Å². The van der Waals surface area contributed by atoms with Crippen LogP contribution in [0.3, 0.4) is 0 Å². The average molecular weight is 152 g/mol. The minimum absolute atomic E-state index is 0.873. The molecule has 0 aromatic heterocycles. The van der Waals surface area contributed by atoms with E-state index in [2.05, 4.69) is 26.0 Å². The molecule has 1 rings (SSSR count). The maximum Gasteiger partial charge on any atom is -0.0320 e. The molecule has 0 nitrogen and oxygen atoms in total. The Kier molecular flexibility index (Phi) is 3.68. The summed E-state index contributed by atoms with van der Waals surface area (Å²) in [5.41, 5.74) is 0. The molecule has 0 saturated heterocycles. The molecule has 1 unspecified atom stereocenters. The van der Waals surface area contributed by atoms with E-state index in [1.807, 2.05) is 0 Å². The summed E-state index contributed by atoms with van der Waals surface area (Å²) in [6.07, 6.45) is 11.6. The van der Waals surface area contributed by atoms with E-state index in [1.165, 1.54) is 32.1 Å². The normalized spacial score (nSPS) is 29.5. The molecule has 11 heavy (non-hydrogen) atoms. The Labute approximate surface area is 70.7 Å². The Balaban J connectivity index is 2.38. The fourth-order valence-electron chi connectivity index (χ4n) is 1.78. The van der Waals surface area contributed by atoms with E-state index in [0.717, 1.165) is 11.8 Å². The van der Waals surface area contributed by atoms with Gasteiger partial charge in [0.2, 0.25) is 0 Å². The molecule has 0 aromatic rings. The van der Waals surface area contributed by atoms with Gasteiger partial charge in [-0.1, -0.05) is 32.4 Å². The zero-order valence-electron chi connectivity index (χ0n) is 7.84. The predicted octanol–water partition coefficient (Wildman–Crippen LogP) is 3.78. The van der Waals surface area contributed by atoms with E-state index in [1.54, 1.807) is 0 Å². The average Bonchev–Trinajstić information content (AvgIpc) is 1.84. The Morgan fingerprint density at radius 2 is 2.00 bits per heavy atom. The van der Waals surface area contributed by atoms with Crippen LogP contribution in [0.15, 0.2) is 12.2 Å². The van der Waals surface area contributed by atoms with Gasteiger partial charge in [-0.2, -0.15) is 0 Å². The molecular weight excluding hydrogens is 132 g/mol. The lowest BCUT2D eigenvalue weighted by atomic mass is 9.86. The van der Waals surface area contributed by atoms with Gasteiger partial charge in [0.15, 0.2) is 0 Å². The molecule has 0 aliphatic heterocycles. The molecule has 0 fully saturated rings. The first-order valence-electron chi connectivity index (χ1n) is 4.95. The van der Waals surface area contributed by atoms with Crippen molar-refractivity contribution in [2.24, 2.45) is 11.8 Å². The van der Waals surface area contributed by atoms with Crippen LogP contribution >= 0.6 is 0 Å². The van der Waals surface area contributed by atoms with Crippen LogP contribution in [-0.2, 0) is 0 Å². The highest BCUT2D eigenvalue weighted by atomic mass is 14.2. The van der Waals surface area contributed by atoms with Gasteiger partial charge in [-0.25, -0.2) is 0 Å². The van der Waals surface area contributed by atoms with Crippen molar-refractivity contribution in [1.29, 1.82) is 0 Å². The molecule has 0 amide bonds. The maximum absolute atomic E-state index is 2.38. The fourth-order valence-corrected chi connectivity index (χ4v) is 1.78. The van der Waals surface area contributed by atoms with Gasteiger partial charge in [0.25, 0.3) is 0 Å². The molecule has 1 atom stereocenters. The standard InChI is InChI=1S/C11H20/c1-10(2)11-8-6-4-3-5-7-9-11/h4,6,10-11H,3,5,7-9H2,1-2H3/b6-4-. The van der Waals surface area contributed by atoms with Crippen molar-refractivity contribution in [3.63, 3.8) is 0 Å². The molecule has 0 saturated carbocycles. The fraction of sp³-hybridized carbons (Fsp3) is 0.818. The third-order valence-electron chi connectivity index (χ3n) is 2.74. The second-order valence-corrected chi connectivity index (χ2v) is 4.00. The molecule has 1 aliphatic carbocycles. The van der Waals surface area contributed by atoms with E-state index >= 15 is 0 Å². The van der Waals surface area contributed by atoms with E-state index in [9.17, 15) is 0 Å². The van der Waals surface area contributed by atoms with Gasteiger partial charge in [0.05, 0.1) is 0 Å². The zero-order valence-corrected chi connectivity index (χ0v) is 7.84. The summed E-state index contributed by atoms with van der Waals surface area (Å²) in [5.74, 6) is 1.82. The lowest BCUT2D eigenvalue weighted by molar-refractivity contribution is 0.347. The quantitative estimate of drug-likeness (QED) is 0.502. The number of allylic oxidation sites excluding steroid dienone is 2. The minimum atomic E-state index is 0.873. The lowest BCUT2D eigenvalue weighted by Gasteiger charge is -2.20. The van der Waals surface area contributed by atoms with Crippen molar-refractivity contribution >= 4 is 0 Å². The van der Waals surface area contributed by atoms with Gasteiger partial charge >= 0.3 is 0 Å². The summed E-state index contributed by atoms with van der Waals surface area (Å²) in [5, 5.41) is 0. The van der Waals surface area contributed by atoms with Crippen LogP contribution in [0, 0.1) is 11.8 Å². The molecule has 0 spiro atoms. The first-order chi connectivity index (χ1) is 5.30. The van der Waals surface area contributed by atoms with Crippen LogP contribution in [0.1, 0.15) is 46.0 Å². The molecule has 0 aromatic carbocycles. The van der Waals surface area contributed by atoms with E-state index in [-0.39, 0.29) is 0 Å². The number of hydrogen-bond donors (Lipinski definition) is 0. The molecule has 1 aliphatic rings. The third-order valence-corrected chi connectivity index (χ3v) is 2.74. The topological polar surface area (TPSA) is 0 Å². The van der Waals surface area contributed by atoms with Crippen molar-refractivity contribution < 1.29 is 0 Å². The molecule has 0 heterocycles. The molecule has 0 heteroatoms. The second kappa shape index (κ2) is 4.58. The largest absolute Gasteiger partial charge is 0.0885 e. The van der Waals surface area contributed by atoms with Crippen LogP contribution in [-0.4, -0.2) is 0 Å². The van der Waals surface area contributed by atoms with Gasteiger partial charge in [-0.15, -0.1) is 0 Å². The first kappa shape index (κ1) is 8.83. The van der Waals surface area contributed by atoms with Crippen molar-refractivity contribution in [3.05, 3.63) is 12.2 Å². The summed E-state index contributed by atoms with van der Waals surface area (Å²) in [7, 11) is 0. The van der Waals surface area contributed by atoms with Crippen LogP contribution < -0.4 is 0 Å². The van der Waals surface area contributed by atoms with Gasteiger partial charge in [-0.05, 0) is 37.5 Å². The molecule has 0 N–H and O–H groups in total. The molecule has 64 valence electrons. The highest BCUT2D eigenvalue weighted by molar-refractivity contribution is 4.86. The second-order valence-electron chi connectivity index (χ2n) is 4.00. The van der Waals surface area contributed by atoms with Gasteiger partial charge in [-0.3, -0.25) is 0 Å². The summed E-state index contributed by atoms with van der Waals surface area (Å²) >= 11 is 0. The lowest BCUT2D eigenvalue weighted by Crippen LogP contribution is -2.08. The summed E-state index contributed by atoms with van der Waals surface area (Å²) in [6.45, 7) is 4.69. The zero-order chi connectivity index (χ0) is 8.10. The number of hydrogen-bond acceptors (Lipinski definition) is 0.